The van der Waals surface area contributed by atoms with Crippen molar-refractivity contribution < 1.29 is 33.4 Å². The maximum absolute atomic E-state index is 13.8. The molecule has 13 nitrogen and oxygen atoms in total. The lowest BCUT2D eigenvalue weighted by Crippen LogP contribution is -2.56. The first kappa shape index (κ1) is 42.5. The van der Waals surface area contributed by atoms with E-state index in [9.17, 15) is 24.0 Å². The van der Waals surface area contributed by atoms with Crippen molar-refractivity contribution >= 4 is 35.6 Å². The van der Waals surface area contributed by atoms with Gasteiger partial charge in [0.2, 0.25) is 11.8 Å². The lowest BCUT2D eigenvalue weighted by Gasteiger charge is -2.29. The highest BCUT2D eigenvalue weighted by Crippen LogP contribution is 2.19. The average Bonchev–Trinajstić information content (AvgIpc) is 3.05. The number of esters is 1. The quantitative estimate of drug-likeness (QED) is 0.130. The monoisotopic (exact) mass is 710 g/mol. The van der Waals surface area contributed by atoms with E-state index < -0.39 is 41.8 Å². The second-order valence-corrected chi connectivity index (χ2v) is 14.4. The highest BCUT2D eigenvalue weighted by atomic mass is 16.6. The molecule has 0 saturated heterocycles. The van der Waals surface area contributed by atoms with Gasteiger partial charge >= 0.3 is 18.1 Å². The minimum Gasteiger partial charge on any atom is -0.460 e. The Bertz CT molecular complexity index is 1430. The first-order valence-electron chi connectivity index (χ1n) is 17.5. The van der Waals surface area contributed by atoms with Gasteiger partial charge in [-0.15, -0.1) is 0 Å². The normalized spacial score (nSPS) is 13.3. The Labute approximate surface area is 303 Å². The van der Waals surface area contributed by atoms with E-state index in [0.29, 0.717) is 25.1 Å². The summed E-state index contributed by atoms with van der Waals surface area (Å²) in [6.07, 6.45) is 0.497. The number of hydrogen-bond donors (Lipinski definition) is 4. The minimum atomic E-state index is -0.957. The number of carbonyl (C=O) groups excluding carboxylic acids is 5. The smallest absolute Gasteiger partial charge is 0.408 e. The third-order valence-corrected chi connectivity index (χ3v) is 8.18. The molecule has 0 spiro atoms. The molecule has 0 bridgehead atoms. The molecule has 282 valence electrons. The summed E-state index contributed by atoms with van der Waals surface area (Å²) in [6.45, 7) is 13.8. The van der Waals surface area contributed by atoms with Crippen LogP contribution in [0.25, 0.3) is 0 Å². The molecular formula is C38H58N6O7. The van der Waals surface area contributed by atoms with Gasteiger partial charge in [-0.05, 0) is 82.2 Å². The summed E-state index contributed by atoms with van der Waals surface area (Å²) in [4.78, 5) is 67.4. The molecule has 13 heteroatoms. The lowest BCUT2D eigenvalue weighted by molar-refractivity contribution is -0.152. The second-order valence-electron chi connectivity index (χ2n) is 14.4. The van der Waals surface area contributed by atoms with E-state index in [2.05, 4.69) is 16.0 Å². The Morgan fingerprint density at radius 2 is 1.47 bits per heavy atom. The number of urea groups is 1. The Morgan fingerprint density at radius 1 is 0.843 bits per heavy atom. The van der Waals surface area contributed by atoms with Gasteiger partial charge in [-0.3, -0.25) is 19.3 Å². The maximum Gasteiger partial charge on any atom is 0.408 e. The lowest BCUT2D eigenvalue weighted by atomic mass is 10.0. The van der Waals surface area contributed by atoms with Gasteiger partial charge in [0, 0.05) is 25.8 Å². The zero-order valence-corrected chi connectivity index (χ0v) is 31.7. The number of carbonyl (C=O) groups is 5. The molecule has 0 radical (unpaired) electrons. The van der Waals surface area contributed by atoms with Gasteiger partial charge < -0.3 is 36.1 Å². The largest absolute Gasteiger partial charge is 0.460 e. The molecule has 0 unspecified atom stereocenters. The van der Waals surface area contributed by atoms with Crippen LogP contribution >= 0.6 is 0 Å². The molecule has 0 heterocycles. The van der Waals surface area contributed by atoms with Crippen LogP contribution in [0.5, 0.6) is 0 Å². The molecule has 2 aromatic rings. The number of benzene rings is 2. The Morgan fingerprint density at radius 3 is 2.02 bits per heavy atom. The molecular weight excluding hydrogens is 652 g/mol. The van der Waals surface area contributed by atoms with Crippen LogP contribution < -0.4 is 26.6 Å². The number of anilines is 1. The predicted molar refractivity (Wildman–Crippen MR) is 198 cm³/mol. The van der Waals surface area contributed by atoms with Crippen molar-refractivity contribution in [2.75, 3.05) is 32.1 Å². The van der Waals surface area contributed by atoms with Gasteiger partial charge in [0.15, 0.2) is 0 Å². The standard InChI is InChI=1S/C38H58N6O7/c1-25(2)31(42-37(49)51-38(5,6)7)33(45)41-30(16-13-22-40-36(39)48)34(46)44(9)29-19-17-27(18-20-29)21-23-43(8)32(26(3)4)35(47)50-24-28-14-11-10-12-15-28/h10-12,14-15,17-20,25-26,30-32H,13,16,21-24H2,1-9H3,(H,41,45)(H,42,49)(H3,39,40,48)/t30-,31-,32-/m0/s1. The molecule has 3 atom stereocenters. The van der Waals surface area contributed by atoms with E-state index in [1.807, 2.05) is 80.4 Å². The molecule has 5 N–H and O–H groups in total. The maximum atomic E-state index is 13.8. The number of nitrogens with zero attached hydrogens (tertiary/aromatic N) is 2. The van der Waals surface area contributed by atoms with Crippen molar-refractivity contribution in [3.63, 3.8) is 0 Å². The molecule has 0 aliphatic rings. The number of amides is 5. The fourth-order valence-corrected chi connectivity index (χ4v) is 5.47. The second kappa shape index (κ2) is 20.3. The fraction of sp³-hybridized carbons (Fsp3) is 0.553. The summed E-state index contributed by atoms with van der Waals surface area (Å²) in [6, 6.07) is 14.1. The Balaban J connectivity index is 2.10. The van der Waals surface area contributed by atoms with Crippen molar-refractivity contribution in [1.82, 2.24) is 20.9 Å². The van der Waals surface area contributed by atoms with Crippen LogP contribution in [-0.4, -0.2) is 85.7 Å². The highest BCUT2D eigenvalue weighted by Gasteiger charge is 2.32. The average molecular weight is 711 g/mol. The van der Waals surface area contributed by atoms with E-state index in [1.54, 1.807) is 41.7 Å². The predicted octanol–water partition coefficient (Wildman–Crippen LogP) is 4.37. The summed E-state index contributed by atoms with van der Waals surface area (Å²) in [7, 11) is 3.54. The summed E-state index contributed by atoms with van der Waals surface area (Å²) in [5, 5.41) is 7.93. The molecule has 0 aliphatic heterocycles. The molecule has 0 aliphatic carbocycles. The van der Waals surface area contributed by atoms with E-state index in [0.717, 1.165) is 11.1 Å². The van der Waals surface area contributed by atoms with Crippen molar-refractivity contribution in [1.29, 1.82) is 0 Å². The molecule has 2 aromatic carbocycles. The van der Waals surface area contributed by atoms with Gasteiger partial charge in [-0.25, -0.2) is 9.59 Å². The van der Waals surface area contributed by atoms with Gasteiger partial charge in [0.25, 0.3) is 0 Å². The summed E-state index contributed by atoms with van der Waals surface area (Å²) < 4.78 is 11.0. The molecule has 0 aromatic heterocycles. The number of ether oxygens (including phenoxy) is 2. The van der Waals surface area contributed by atoms with Crippen LogP contribution in [0.3, 0.4) is 0 Å². The van der Waals surface area contributed by atoms with Crippen molar-refractivity contribution in [2.45, 2.75) is 98.1 Å². The first-order chi connectivity index (χ1) is 23.9. The summed E-state index contributed by atoms with van der Waals surface area (Å²) in [5.74, 6) is -1.43. The van der Waals surface area contributed by atoms with E-state index >= 15 is 0 Å². The topological polar surface area (TPSA) is 172 Å². The third kappa shape index (κ3) is 15.0. The van der Waals surface area contributed by atoms with Crippen LogP contribution in [0.1, 0.15) is 72.4 Å². The number of nitrogens with one attached hydrogen (secondary N) is 3. The molecule has 0 fully saturated rings. The van der Waals surface area contributed by atoms with E-state index in [4.69, 9.17) is 15.2 Å². The van der Waals surface area contributed by atoms with Gasteiger partial charge in [0.1, 0.15) is 30.3 Å². The number of rotatable bonds is 18. The molecule has 0 saturated carbocycles. The fourth-order valence-electron chi connectivity index (χ4n) is 5.47. The van der Waals surface area contributed by atoms with Crippen LogP contribution in [-0.2, 0) is 36.9 Å². The number of nitrogens with two attached hydrogens (primary N) is 1. The Kier molecular flexibility index (Phi) is 16.9. The van der Waals surface area contributed by atoms with Gasteiger partial charge in [-0.2, -0.15) is 0 Å². The van der Waals surface area contributed by atoms with E-state index in [-0.39, 0.29) is 43.3 Å². The van der Waals surface area contributed by atoms with E-state index in [1.165, 1.54) is 4.90 Å². The van der Waals surface area contributed by atoms with Crippen molar-refractivity contribution in [2.24, 2.45) is 17.6 Å². The van der Waals surface area contributed by atoms with Crippen LogP contribution in [0.4, 0.5) is 15.3 Å². The number of primary amides is 1. The van der Waals surface area contributed by atoms with Crippen LogP contribution in [0.2, 0.25) is 0 Å². The van der Waals surface area contributed by atoms with Crippen LogP contribution in [0, 0.1) is 11.8 Å². The number of likely N-dealkylation sites (N-methyl/N-ethyl adjacent to an activating group) is 2. The van der Waals surface area contributed by atoms with Gasteiger partial charge in [-0.1, -0.05) is 70.2 Å². The minimum absolute atomic E-state index is 0.0456. The van der Waals surface area contributed by atoms with Crippen molar-refractivity contribution in [3.8, 4) is 0 Å². The number of alkyl carbamates (subject to hydrolysis) is 1. The SMILES string of the molecule is CC(C)[C@H](NC(=O)OC(C)(C)C)C(=O)N[C@@H](CCCNC(N)=O)C(=O)N(C)c1ccc(CCN(C)[C@H](C(=O)OCc2ccccc2)C(C)C)cc1. The zero-order chi connectivity index (χ0) is 38.3. The highest BCUT2D eigenvalue weighted by molar-refractivity contribution is 5.99. The Hall–Kier alpha value is -4.65. The van der Waals surface area contributed by atoms with Crippen LogP contribution in [0.15, 0.2) is 54.6 Å². The molecule has 2 rings (SSSR count). The molecule has 51 heavy (non-hydrogen) atoms. The molecule has 5 amide bonds. The van der Waals surface area contributed by atoms with Crippen molar-refractivity contribution in [3.05, 3.63) is 65.7 Å². The van der Waals surface area contributed by atoms with Gasteiger partial charge in [0.05, 0.1) is 0 Å². The third-order valence-electron chi connectivity index (χ3n) is 8.18. The zero-order valence-electron chi connectivity index (χ0n) is 31.7. The first-order valence-corrected chi connectivity index (χ1v) is 17.5. The summed E-state index contributed by atoms with van der Waals surface area (Å²) in [5.41, 5.74) is 7.00. The summed E-state index contributed by atoms with van der Waals surface area (Å²) >= 11 is 0. The number of hydrogen-bond acceptors (Lipinski definition) is 8.